The van der Waals surface area contributed by atoms with E-state index in [1.807, 2.05) is 27.7 Å². The number of rotatable bonds is 10. The van der Waals surface area contributed by atoms with E-state index in [9.17, 15) is 9.59 Å². The highest BCUT2D eigenvalue weighted by atomic mass is 31.2. The first-order chi connectivity index (χ1) is 14.7. The van der Waals surface area contributed by atoms with Crippen LogP contribution in [0.1, 0.15) is 48.6 Å². The average molecular weight is 443 g/mol. The van der Waals surface area contributed by atoms with Crippen molar-refractivity contribution in [1.29, 1.82) is 5.26 Å². The second kappa shape index (κ2) is 11.1. The second-order valence-electron chi connectivity index (χ2n) is 7.61. The molecule has 10 nitrogen and oxygen atoms in total. The number of nitrogens with zero attached hydrogens (tertiary/aromatic N) is 3. The SMILES string of the molecule is [2H]C[C@@]1(COP(OCCC#N)N(C(C)C)C(C)C)COC[C@H](n2ccc(=O)[nH]c2=O)O1. The van der Waals surface area contributed by atoms with Gasteiger partial charge in [-0.25, -0.2) is 9.46 Å². The number of ether oxygens (including phenoxy) is 2. The van der Waals surface area contributed by atoms with E-state index in [1.54, 1.807) is 0 Å². The van der Waals surface area contributed by atoms with Crippen molar-refractivity contribution in [3.8, 4) is 6.07 Å². The minimum absolute atomic E-state index is 0.0132. The first-order valence-corrected chi connectivity index (χ1v) is 10.9. The summed E-state index contributed by atoms with van der Waals surface area (Å²) >= 11 is 0. The smallest absolute Gasteiger partial charge is 0.330 e. The highest BCUT2D eigenvalue weighted by Gasteiger charge is 2.38. The van der Waals surface area contributed by atoms with Gasteiger partial charge in [-0.15, -0.1) is 0 Å². The van der Waals surface area contributed by atoms with Crippen molar-refractivity contribution in [3.05, 3.63) is 33.1 Å². The molecule has 2 heterocycles. The number of H-pyrrole nitrogens is 1. The van der Waals surface area contributed by atoms with Gasteiger partial charge < -0.3 is 18.5 Å². The Hall–Kier alpha value is -1.60. The highest BCUT2D eigenvalue weighted by molar-refractivity contribution is 7.44. The van der Waals surface area contributed by atoms with E-state index in [0.717, 1.165) is 0 Å². The van der Waals surface area contributed by atoms with Gasteiger partial charge >= 0.3 is 5.69 Å². The zero-order valence-corrected chi connectivity index (χ0v) is 18.8. The molecule has 1 aromatic heterocycles. The molecule has 1 aromatic rings. The van der Waals surface area contributed by atoms with Gasteiger partial charge in [0.15, 0.2) is 6.23 Å². The van der Waals surface area contributed by atoms with Crippen molar-refractivity contribution in [1.82, 2.24) is 14.2 Å². The van der Waals surface area contributed by atoms with Gasteiger partial charge in [-0.3, -0.25) is 14.3 Å². The fourth-order valence-corrected chi connectivity index (χ4v) is 4.74. The number of nitriles is 1. The first kappa shape index (κ1) is 23.1. The quantitative estimate of drug-likeness (QED) is 0.432. The van der Waals surface area contributed by atoms with Crippen molar-refractivity contribution < 1.29 is 19.9 Å². The molecule has 0 radical (unpaired) electrons. The van der Waals surface area contributed by atoms with Crippen molar-refractivity contribution in [3.63, 3.8) is 0 Å². The minimum atomic E-state index is -1.51. The Morgan fingerprint density at radius 2 is 2.17 bits per heavy atom. The maximum atomic E-state index is 12.1. The topological polar surface area (TPSA) is 119 Å². The van der Waals surface area contributed by atoms with Crippen LogP contribution in [0.4, 0.5) is 0 Å². The predicted molar refractivity (Wildman–Crippen MR) is 112 cm³/mol. The lowest BCUT2D eigenvalue weighted by molar-refractivity contribution is -0.227. The van der Waals surface area contributed by atoms with E-state index in [0.29, 0.717) is 0 Å². The number of hydrogen-bond acceptors (Lipinski definition) is 8. The normalized spacial score (nSPS) is 23.5. The van der Waals surface area contributed by atoms with E-state index in [-0.39, 0.29) is 51.8 Å². The van der Waals surface area contributed by atoms with Crippen LogP contribution in [0.5, 0.6) is 0 Å². The molecule has 0 saturated carbocycles. The van der Waals surface area contributed by atoms with E-state index < -0.39 is 31.6 Å². The Bertz CT molecular complexity index is 849. The van der Waals surface area contributed by atoms with Crippen LogP contribution >= 0.6 is 8.53 Å². The van der Waals surface area contributed by atoms with E-state index in [2.05, 4.69) is 15.7 Å². The summed E-state index contributed by atoms with van der Waals surface area (Å²) < 4.78 is 35.1. The van der Waals surface area contributed by atoms with Gasteiger partial charge in [-0.05, 0) is 34.6 Å². The van der Waals surface area contributed by atoms with Crippen LogP contribution in [0.15, 0.2) is 21.9 Å². The molecule has 0 aliphatic carbocycles. The van der Waals surface area contributed by atoms with Crippen molar-refractivity contribution in [2.75, 3.05) is 26.4 Å². The zero-order chi connectivity index (χ0) is 23.0. The van der Waals surface area contributed by atoms with Crippen molar-refractivity contribution >= 4 is 8.53 Å². The van der Waals surface area contributed by atoms with Crippen LogP contribution in [0.2, 0.25) is 0 Å². The lowest BCUT2D eigenvalue weighted by Crippen LogP contribution is -2.49. The van der Waals surface area contributed by atoms with E-state index in [1.165, 1.54) is 16.8 Å². The molecule has 3 atom stereocenters. The predicted octanol–water partition coefficient (Wildman–Crippen LogP) is 2.13. The van der Waals surface area contributed by atoms with Gasteiger partial charge in [0.1, 0.15) is 5.60 Å². The molecule has 0 aromatic carbocycles. The van der Waals surface area contributed by atoms with Gasteiger partial charge in [0, 0.05) is 25.7 Å². The molecule has 1 saturated heterocycles. The van der Waals surface area contributed by atoms with Gasteiger partial charge in [0.2, 0.25) is 0 Å². The Kier molecular flexibility index (Phi) is 8.57. The minimum Gasteiger partial charge on any atom is -0.374 e. The van der Waals surface area contributed by atoms with Gasteiger partial charge in [0.25, 0.3) is 14.1 Å². The fourth-order valence-electron chi connectivity index (χ4n) is 3.06. The molecule has 1 aliphatic rings. The largest absolute Gasteiger partial charge is 0.374 e. The van der Waals surface area contributed by atoms with Crippen LogP contribution in [0, 0.1) is 11.3 Å². The van der Waals surface area contributed by atoms with Crippen molar-refractivity contribution in [2.24, 2.45) is 0 Å². The van der Waals surface area contributed by atoms with Crippen molar-refractivity contribution in [2.45, 2.75) is 64.9 Å². The Morgan fingerprint density at radius 3 is 2.77 bits per heavy atom. The maximum Gasteiger partial charge on any atom is 0.330 e. The van der Waals surface area contributed by atoms with E-state index in [4.69, 9.17) is 25.2 Å². The zero-order valence-electron chi connectivity index (χ0n) is 18.9. The molecule has 2 rings (SSSR count). The van der Waals surface area contributed by atoms with Crippen LogP contribution < -0.4 is 11.2 Å². The van der Waals surface area contributed by atoms with Gasteiger partial charge in [-0.2, -0.15) is 5.26 Å². The van der Waals surface area contributed by atoms with Crippen LogP contribution in [-0.4, -0.2) is 58.3 Å². The summed E-state index contributed by atoms with van der Waals surface area (Å²) in [5, 5.41) is 8.84. The highest BCUT2D eigenvalue weighted by Crippen LogP contribution is 2.47. The summed E-state index contributed by atoms with van der Waals surface area (Å²) in [6.07, 6.45) is 0.781. The number of hydrogen-bond donors (Lipinski definition) is 1. The monoisotopic (exact) mass is 443 g/mol. The molecular formula is C19H31N4O6P. The number of aromatic nitrogens is 2. The van der Waals surface area contributed by atoms with Crippen LogP contribution in [-0.2, 0) is 18.5 Å². The molecule has 0 bridgehead atoms. The second-order valence-corrected chi connectivity index (χ2v) is 9.06. The molecular weight excluding hydrogens is 411 g/mol. The maximum absolute atomic E-state index is 12.1. The molecule has 1 unspecified atom stereocenters. The standard InChI is InChI=1S/C19H31N4O6P/c1-14(2)23(15(3)4)30(27-10-6-8-20)28-13-19(5)12-26-11-17(29-19)22-9-7-16(24)21-18(22)25/h7,9,14-15,17H,6,10-13H2,1-5H3,(H,21,24,25)/t17-,19+,30?/m1/s1/i5D. The summed E-state index contributed by atoms with van der Waals surface area (Å²) in [6.45, 7) is 8.44. The van der Waals surface area contributed by atoms with Crippen LogP contribution in [0.3, 0.4) is 0 Å². The summed E-state index contributed by atoms with van der Waals surface area (Å²) in [6, 6.07) is 3.55. The molecule has 30 heavy (non-hydrogen) atoms. The third kappa shape index (κ3) is 6.71. The molecule has 0 spiro atoms. The fraction of sp³-hybridized carbons (Fsp3) is 0.737. The van der Waals surface area contributed by atoms with E-state index >= 15 is 0 Å². The summed E-state index contributed by atoms with van der Waals surface area (Å²) in [5.41, 5.74) is -2.23. The first-order valence-electron chi connectivity index (χ1n) is 10.5. The number of nitrogens with one attached hydrogen (secondary N) is 1. The third-order valence-electron chi connectivity index (χ3n) is 4.27. The Balaban J connectivity index is 2.17. The summed E-state index contributed by atoms with van der Waals surface area (Å²) in [5.74, 6) is 0. The lowest BCUT2D eigenvalue weighted by atomic mass is 10.1. The molecule has 168 valence electrons. The Labute approximate surface area is 179 Å². The Morgan fingerprint density at radius 1 is 1.43 bits per heavy atom. The number of aromatic amines is 1. The van der Waals surface area contributed by atoms with Gasteiger partial charge in [0.05, 0.1) is 38.9 Å². The molecule has 0 amide bonds. The molecule has 1 fully saturated rings. The molecule has 11 heteroatoms. The lowest BCUT2D eigenvalue weighted by Gasteiger charge is -2.41. The molecule has 1 N–H and O–H groups in total. The summed E-state index contributed by atoms with van der Waals surface area (Å²) in [7, 11) is -1.51. The third-order valence-corrected chi connectivity index (χ3v) is 6.33. The van der Waals surface area contributed by atoms with Gasteiger partial charge in [-0.1, -0.05) is 0 Å². The summed E-state index contributed by atoms with van der Waals surface area (Å²) in [4.78, 5) is 25.7. The molecule has 1 aliphatic heterocycles. The van der Waals surface area contributed by atoms with Crippen LogP contribution in [0.25, 0.3) is 0 Å². The average Bonchev–Trinajstić information content (AvgIpc) is 2.71.